The number of carbonyl (C=O) groups excluding carboxylic acids is 1. The minimum absolute atomic E-state index is 0.118. The Morgan fingerprint density at radius 2 is 1.91 bits per heavy atom. The van der Waals surface area contributed by atoms with E-state index in [0.717, 1.165) is 41.8 Å². The molecule has 2 heterocycles. The summed E-state index contributed by atoms with van der Waals surface area (Å²) in [6.45, 7) is 0.640. The highest BCUT2D eigenvalue weighted by Gasteiger charge is 2.29. The van der Waals surface area contributed by atoms with Crippen LogP contribution >= 0.6 is 11.6 Å². The number of aromatic nitrogens is 1. The van der Waals surface area contributed by atoms with E-state index in [1.807, 2.05) is 42.5 Å². The standard InChI is InChI=1S/C27H25ClN2O4/c1-34-25-14-18(17-6-4-7-20(28)13-17)9-11-22(25)26(31)30-16-21-10-12-24(27(32)33)29(21)15-19-5-2-3-8-23(19)30/h2-3,5-6,8-12,14,20H,4,7,13,15-16H2,1H3,(H,32,33). The van der Waals surface area contributed by atoms with Crippen LogP contribution in [0, 0.1) is 0 Å². The zero-order valence-corrected chi connectivity index (χ0v) is 19.6. The molecule has 34 heavy (non-hydrogen) atoms. The van der Waals surface area contributed by atoms with Gasteiger partial charge in [0.1, 0.15) is 11.4 Å². The first-order valence-electron chi connectivity index (χ1n) is 11.3. The van der Waals surface area contributed by atoms with Gasteiger partial charge in [-0.3, -0.25) is 4.79 Å². The lowest BCUT2D eigenvalue weighted by molar-refractivity contribution is 0.0685. The van der Waals surface area contributed by atoms with Gasteiger partial charge < -0.3 is 19.3 Å². The Bertz CT molecular complexity index is 1310. The second-order valence-corrected chi connectivity index (χ2v) is 9.26. The summed E-state index contributed by atoms with van der Waals surface area (Å²) in [7, 11) is 1.57. The first-order valence-corrected chi connectivity index (χ1v) is 11.7. The smallest absolute Gasteiger partial charge is 0.352 e. The molecule has 3 aromatic rings. The minimum atomic E-state index is -0.989. The van der Waals surface area contributed by atoms with Gasteiger partial charge >= 0.3 is 5.97 Å². The quantitative estimate of drug-likeness (QED) is 0.499. The number of rotatable bonds is 4. The number of fused-ring (bicyclic) bond motifs is 2. The summed E-state index contributed by atoms with van der Waals surface area (Å²) in [5.74, 6) is -0.685. The predicted molar refractivity (Wildman–Crippen MR) is 132 cm³/mol. The molecule has 1 N–H and O–H groups in total. The number of aromatic carboxylic acids is 1. The van der Waals surface area contributed by atoms with E-state index in [4.69, 9.17) is 16.3 Å². The summed E-state index contributed by atoms with van der Waals surface area (Å²) in [6.07, 6.45) is 4.91. The maximum absolute atomic E-state index is 13.9. The highest BCUT2D eigenvalue weighted by atomic mass is 35.5. The van der Waals surface area contributed by atoms with Crippen LogP contribution in [0.15, 0.2) is 60.7 Å². The third-order valence-electron chi connectivity index (χ3n) is 6.58. The Morgan fingerprint density at radius 3 is 2.68 bits per heavy atom. The van der Waals surface area contributed by atoms with E-state index in [9.17, 15) is 14.7 Å². The fraction of sp³-hybridized carbons (Fsp3) is 0.259. The zero-order chi connectivity index (χ0) is 23.8. The Hall–Kier alpha value is -3.51. The number of carboxylic acid groups (broad SMARTS) is 1. The zero-order valence-electron chi connectivity index (χ0n) is 18.8. The monoisotopic (exact) mass is 476 g/mol. The first kappa shape index (κ1) is 22.3. The van der Waals surface area contributed by atoms with E-state index in [2.05, 4.69) is 6.08 Å². The van der Waals surface area contributed by atoms with Gasteiger partial charge in [-0.2, -0.15) is 0 Å². The van der Waals surface area contributed by atoms with Gasteiger partial charge in [0.2, 0.25) is 0 Å². The number of hydrogen-bond donors (Lipinski definition) is 1. The number of nitrogens with zero attached hydrogens (tertiary/aromatic N) is 2. The average Bonchev–Trinajstić information content (AvgIpc) is 3.17. The average molecular weight is 477 g/mol. The third kappa shape index (κ3) is 3.99. The number of para-hydroxylation sites is 1. The van der Waals surface area contributed by atoms with Crippen LogP contribution in [0.2, 0.25) is 0 Å². The van der Waals surface area contributed by atoms with Gasteiger partial charge in [-0.1, -0.05) is 30.3 Å². The lowest BCUT2D eigenvalue weighted by Crippen LogP contribution is -2.31. The molecule has 0 fully saturated rings. The van der Waals surface area contributed by atoms with Crippen molar-refractivity contribution in [2.24, 2.45) is 0 Å². The van der Waals surface area contributed by atoms with Crippen LogP contribution in [0.1, 0.15) is 56.9 Å². The van der Waals surface area contributed by atoms with Gasteiger partial charge in [-0.25, -0.2) is 4.79 Å². The van der Waals surface area contributed by atoms with Crippen molar-refractivity contribution in [3.8, 4) is 5.75 Å². The number of carboxylic acids is 1. The molecule has 7 heteroatoms. The lowest BCUT2D eigenvalue weighted by Gasteiger charge is -2.24. The number of anilines is 1. The van der Waals surface area contributed by atoms with Gasteiger partial charge in [0.05, 0.1) is 25.8 Å². The molecule has 6 nitrogen and oxygen atoms in total. The second kappa shape index (κ2) is 9.03. The van der Waals surface area contributed by atoms with Crippen molar-refractivity contribution in [3.63, 3.8) is 0 Å². The molecule has 0 saturated heterocycles. The molecule has 1 atom stereocenters. The second-order valence-electron chi connectivity index (χ2n) is 8.64. The van der Waals surface area contributed by atoms with Crippen molar-refractivity contribution in [2.45, 2.75) is 37.7 Å². The van der Waals surface area contributed by atoms with E-state index < -0.39 is 5.97 Å². The van der Waals surface area contributed by atoms with Crippen LogP contribution in [-0.4, -0.2) is 34.0 Å². The van der Waals surface area contributed by atoms with E-state index in [0.29, 0.717) is 17.9 Å². The number of ether oxygens (including phenoxy) is 1. The van der Waals surface area contributed by atoms with Crippen LogP contribution in [-0.2, 0) is 13.1 Å². The van der Waals surface area contributed by atoms with Crippen LogP contribution < -0.4 is 9.64 Å². The highest BCUT2D eigenvalue weighted by molar-refractivity contribution is 6.21. The molecule has 5 rings (SSSR count). The molecule has 174 valence electrons. The largest absolute Gasteiger partial charge is 0.496 e. The van der Waals surface area contributed by atoms with E-state index in [-0.39, 0.29) is 23.5 Å². The Balaban J connectivity index is 1.55. The van der Waals surface area contributed by atoms with Crippen molar-refractivity contribution in [2.75, 3.05) is 12.0 Å². The van der Waals surface area contributed by atoms with Crippen molar-refractivity contribution < 1.29 is 19.4 Å². The van der Waals surface area contributed by atoms with E-state index in [1.165, 1.54) is 5.57 Å². The third-order valence-corrected chi connectivity index (χ3v) is 6.95. The van der Waals surface area contributed by atoms with Crippen LogP contribution in [0.4, 0.5) is 5.69 Å². The minimum Gasteiger partial charge on any atom is -0.496 e. The Kier molecular flexibility index (Phi) is 5.92. The maximum atomic E-state index is 13.9. The number of amides is 1. The lowest BCUT2D eigenvalue weighted by atomic mass is 9.92. The van der Waals surface area contributed by atoms with Crippen molar-refractivity contribution in [3.05, 3.63) is 88.8 Å². The van der Waals surface area contributed by atoms with E-state index >= 15 is 0 Å². The molecule has 0 radical (unpaired) electrons. The maximum Gasteiger partial charge on any atom is 0.352 e. The molecule has 0 saturated carbocycles. The molecule has 0 spiro atoms. The molecule has 1 aliphatic carbocycles. The number of alkyl halides is 1. The fourth-order valence-corrected chi connectivity index (χ4v) is 5.13. The van der Waals surface area contributed by atoms with Crippen molar-refractivity contribution in [1.82, 2.24) is 4.57 Å². The summed E-state index contributed by atoms with van der Waals surface area (Å²) in [4.78, 5) is 27.3. The molecule has 1 aromatic heterocycles. The van der Waals surface area contributed by atoms with Gasteiger partial charge in [-0.15, -0.1) is 11.6 Å². The summed E-state index contributed by atoms with van der Waals surface area (Å²) in [6, 6.07) is 16.6. The first-order chi connectivity index (χ1) is 16.5. The highest BCUT2D eigenvalue weighted by Crippen LogP contribution is 2.35. The van der Waals surface area contributed by atoms with Crippen LogP contribution in [0.5, 0.6) is 5.75 Å². The number of methoxy groups -OCH3 is 1. The summed E-state index contributed by atoms with van der Waals surface area (Å²) in [5.41, 5.74) is 5.25. The Morgan fingerprint density at radius 1 is 1.09 bits per heavy atom. The van der Waals surface area contributed by atoms with Gasteiger partial charge in [0, 0.05) is 16.8 Å². The van der Waals surface area contributed by atoms with Crippen LogP contribution in [0.25, 0.3) is 5.57 Å². The molecular weight excluding hydrogens is 452 g/mol. The normalized spacial score (nSPS) is 17.3. The number of carbonyl (C=O) groups is 2. The molecule has 1 aliphatic heterocycles. The van der Waals surface area contributed by atoms with Crippen LogP contribution in [0.3, 0.4) is 0 Å². The molecule has 1 unspecified atom stereocenters. The fourth-order valence-electron chi connectivity index (χ4n) is 4.84. The van der Waals surface area contributed by atoms with Crippen molar-refractivity contribution >= 4 is 34.7 Å². The van der Waals surface area contributed by atoms with Crippen molar-refractivity contribution in [1.29, 1.82) is 0 Å². The van der Waals surface area contributed by atoms with Gasteiger partial charge in [0.15, 0.2) is 0 Å². The predicted octanol–water partition coefficient (Wildman–Crippen LogP) is 5.58. The van der Waals surface area contributed by atoms with E-state index in [1.54, 1.807) is 28.7 Å². The molecule has 0 bridgehead atoms. The number of hydrogen-bond acceptors (Lipinski definition) is 3. The van der Waals surface area contributed by atoms with Gasteiger partial charge in [0.25, 0.3) is 5.91 Å². The van der Waals surface area contributed by atoms with Gasteiger partial charge in [-0.05, 0) is 66.3 Å². The summed E-state index contributed by atoms with van der Waals surface area (Å²) in [5, 5.41) is 9.73. The summed E-state index contributed by atoms with van der Waals surface area (Å²) < 4.78 is 7.41. The Labute approximate surface area is 203 Å². The topological polar surface area (TPSA) is 71.8 Å². The molecule has 1 amide bonds. The molecule has 2 aliphatic rings. The number of halogens is 1. The molecular formula is C27H25ClN2O4. The SMILES string of the molecule is COc1cc(C2=CCCC(Cl)C2)ccc1C(=O)N1Cc2ccc(C(=O)O)n2Cc2ccccc21. The number of allylic oxidation sites excluding steroid dienone is 2. The molecule has 2 aromatic carbocycles. The summed E-state index contributed by atoms with van der Waals surface area (Å²) >= 11 is 6.37. The number of benzene rings is 2.